The molecular formula is C13H26N2O2. The van der Waals surface area contributed by atoms with E-state index in [4.69, 9.17) is 0 Å². The summed E-state index contributed by atoms with van der Waals surface area (Å²) in [7, 11) is 0. The van der Waals surface area contributed by atoms with Gasteiger partial charge in [0.05, 0.1) is 5.60 Å². The standard InChI is InChI=1S/C13H26N2O2/c1-5-15(10-12(2,3)17)11(16)13(4)6-8-14-9-7-13/h14,17H,5-10H2,1-4H3. The van der Waals surface area contributed by atoms with E-state index in [0.717, 1.165) is 25.9 Å². The zero-order valence-corrected chi connectivity index (χ0v) is 11.5. The SMILES string of the molecule is CCN(CC(C)(C)O)C(=O)C1(C)CCNCC1. The molecule has 2 N–H and O–H groups in total. The van der Waals surface area contributed by atoms with E-state index in [1.165, 1.54) is 0 Å². The predicted octanol–water partition coefficient (Wildman–Crippen LogP) is 0.995. The molecule has 4 heteroatoms. The first-order chi connectivity index (χ1) is 7.78. The molecule has 0 unspecified atom stereocenters. The summed E-state index contributed by atoms with van der Waals surface area (Å²) in [5, 5.41) is 13.1. The van der Waals surface area contributed by atoms with Gasteiger partial charge >= 0.3 is 0 Å². The molecule has 0 aromatic rings. The molecule has 1 heterocycles. The van der Waals surface area contributed by atoms with Gasteiger partial charge in [0.25, 0.3) is 0 Å². The van der Waals surface area contributed by atoms with E-state index in [-0.39, 0.29) is 11.3 Å². The maximum absolute atomic E-state index is 12.5. The molecule has 100 valence electrons. The van der Waals surface area contributed by atoms with Crippen LogP contribution in [0.3, 0.4) is 0 Å². The third-order valence-corrected chi connectivity index (χ3v) is 3.47. The minimum atomic E-state index is -0.824. The second-order valence-electron chi connectivity index (χ2n) is 5.94. The second kappa shape index (κ2) is 5.36. The Labute approximate surface area is 104 Å². The number of hydrogen-bond donors (Lipinski definition) is 2. The van der Waals surface area contributed by atoms with Gasteiger partial charge in [0.15, 0.2) is 0 Å². The number of nitrogens with zero attached hydrogens (tertiary/aromatic N) is 1. The van der Waals surface area contributed by atoms with Gasteiger partial charge in [-0.25, -0.2) is 0 Å². The Balaban J connectivity index is 2.71. The van der Waals surface area contributed by atoms with E-state index < -0.39 is 5.60 Å². The van der Waals surface area contributed by atoms with Crippen LogP contribution in [0.4, 0.5) is 0 Å². The van der Waals surface area contributed by atoms with Crippen molar-refractivity contribution in [1.29, 1.82) is 0 Å². The normalized spacial score (nSPS) is 20.1. The Morgan fingerprint density at radius 1 is 1.41 bits per heavy atom. The third kappa shape index (κ3) is 3.96. The first-order valence-electron chi connectivity index (χ1n) is 6.51. The maximum atomic E-state index is 12.5. The van der Waals surface area contributed by atoms with Crippen LogP contribution in [-0.4, -0.2) is 47.7 Å². The van der Waals surface area contributed by atoms with Crippen LogP contribution in [0.1, 0.15) is 40.5 Å². The second-order valence-corrected chi connectivity index (χ2v) is 5.94. The summed E-state index contributed by atoms with van der Waals surface area (Å²) in [5.41, 5.74) is -1.08. The van der Waals surface area contributed by atoms with Crippen LogP contribution in [-0.2, 0) is 4.79 Å². The van der Waals surface area contributed by atoms with Gasteiger partial charge in [-0.1, -0.05) is 6.92 Å². The molecule has 0 saturated carbocycles. The van der Waals surface area contributed by atoms with Gasteiger partial charge < -0.3 is 15.3 Å². The molecule has 0 aliphatic carbocycles. The molecule has 0 bridgehead atoms. The Hall–Kier alpha value is -0.610. The maximum Gasteiger partial charge on any atom is 0.228 e. The molecule has 1 aliphatic heterocycles. The summed E-state index contributed by atoms with van der Waals surface area (Å²) in [4.78, 5) is 14.3. The van der Waals surface area contributed by atoms with E-state index in [1.807, 2.05) is 13.8 Å². The number of carbonyl (C=O) groups excluding carboxylic acids is 1. The fraction of sp³-hybridized carbons (Fsp3) is 0.923. The van der Waals surface area contributed by atoms with Crippen molar-refractivity contribution >= 4 is 5.91 Å². The fourth-order valence-electron chi connectivity index (χ4n) is 2.37. The number of piperidine rings is 1. The van der Waals surface area contributed by atoms with Crippen molar-refractivity contribution in [3.05, 3.63) is 0 Å². The van der Waals surface area contributed by atoms with Gasteiger partial charge in [0.1, 0.15) is 0 Å². The monoisotopic (exact) mass is 242 g/mol. The number of aliphatic hydroxyl groups is 1. The van der Waals surface area contributed by atoms with Crippen LogP contribution < -0.4 is 5.32 Å². The molecule has 0 atom stereocenters. The van der Waals surface area contributed by atoms with E-state index in [2.05, 4.69) is 5.32 Å². The number of hydrogen-bond acceptors (Lipinski definition) is 3. The molecule has 1 aliphatic rings. The molecule has 1 amide bonds. The highest BCUT2D eigenvalue weighted by Crippen LogP contribution is 2.30. The zero-order valence-electron chi connectivity index (χ0n) is 11.5. The van der Waals surface area contributed by atoms with E-state index in [9.17, 15) is 9.90 Å². The lowest BCUT2D eigenvalue weighted by molar-refractivity contribution is -0.145. The van der Waals surface area contributed by atoms with Crippen LogP contribution in [0.5, 0.6) is 0 Å². The lowest BCUT2D eigenvalue weighted by Crippen LogP contribution is -2.51. The van der Waals surface area contributed by atoms with Gasteiger partial charge in [-0.15, -0.1) is 0 Å². The molecule has 0 aromatic carbocycles. The highest BCUT2D eigenvalue weighted by atomic mass is 16.3. The predicted molar refractivity (Wildman–Crippen MR) is 68.8 cm³/mol. The number of rotatable bonds is 4. The number of amides is 1. The molecule has 0 spiro atoms. The largest absolute Gasteiger partial charge is 0.389 e. The van der Waals surface area contributed by atoms with Crippen LogP contribution in [0.15, 0.2) is 0 Å². The van der Waals surface area contributed by atoms with Gasteiger partial charge in [-0.2, -0.15) is 0 Å². The van der Waals surface area contributed by atoms with Crippen LogP contribution in [0.25, 0.3) is 0 Å². The number of nitrogens with one attached hydrogen (secondary N) is 1. The van der Waals surface area contributed by atoms with Crippen molar-refractivity contribution in [2.45, 2.75) is 46.1 Å². The summed E-state index contributed by atoms with van der Waals surface area (Å²) >= 11 is 0. The van der Waals surface area contributed by atoms with Gasteiger partial charge in [-0.3, -0.25) is 4.79 Å². The summed E-state index contributed by atoms with van der Waals surface area (Å²) in [6.07, 6.45) is 1.77. The number of carbonyl (C=O) groups is 1. The zero-order chi connectivity index (χ0) is 13.1. The minimum absolute atomic E-state index is 0.184. The van der Waals surface area contributed by atoms with Crippen molar-refractivity contribution < 1.29 is 9.90 Å². The molecule has 1 saturated heterocycles. The Morgan fingerprint density at radius 2 is 1.94 bits per heavy atom. The molecular weight excluding hydrogens is 216 g/mol. The first-order valence-corrected chi connectivity index (χ1v) is 6.51. The van der Waals surface area contributed by atoms with Crippen molar-refractivity contribution in [2.75, 3.05) is 26.2 Å². The van der Waals surface area contributed by atoms with Crippen LogP contribution in [0.2, 0.25) is 0 Å². The van der Waals surface area contributed by atoms with Crippen molar-refractivity contribution in [3.8, 4) is 0 Å². The Bertz CT molecular complexity index is 265. The summed E-state index contributed by atoms with van der Waals surface area (Å²) in [6, 6.07) is 0. The van der Waals surface area contributed by atoms with E-state index >= 15 is 0 Å². The van der Waals surface area contributed by atoms with Gasteiger partial charge in [0, 0.05) is 18.5 Å². The van der Waals surface area contributed by atoms with Crippen LogP contribution in [0, 0.1) is 5.41 Å². The third-order valence-electron chi connectivity index (χ3n) is 3.47. The smallest absolute Gasteiger partial charge is 0.228 e. The summed E-state index contributed by atoms with van der Waals surface area (Å²) < 4.78 is 0. The highest BCUT2D eigenvalue weighted by molar-refractivity contribution is 5.82. The first kappa shape index (κ1) is 14.5. The highest BCUT2D eigenvalue weighted by Gasteiger charge is 2.38. The van der Waals surface area contributed by atoms with Gasteiger partial charge in [0.2, 0.25) is 5.91 Å². The lowest BCUT2D eigenvalue weighted by Gasteiger charge is -2.38. The summed E-state index contributed by atoms with van der Waals surface area (Å²) in [5.74, 6) is 0.184. The van der Waals surface area contributed by atoms with Crippen LogP contribution >= 0.6 is 0 Å². The quantitative estimate of drug-likeness (QED) is 0.773. The molecule has 4 nitrogen and oxygen atoms in total. The summed E-state index contributed by atoms with van der Waals surface area (Å²) in [6.45, 7) is 10.4. The average Bonchev–Trinajstić information content (AvgIpc) is 2.25. The van der Waals surface area contributed by atoms with E-state index in [0.29, 0.717) is 13.1 Å². The molecule has 0 aromatic heterocycles. The molecule has 1 rings (SSSR count). The van der Waals surface area contributed by atoms with Crippen molar-refractivity contribution in [1.82, 2.24) is 10.2 Å². The van der Waals surface area contributed by atoms with Crippen molar-refractivity contribution in [2.24, 2.45) is 5.41 Å². The Kier molecular flexibility index (Phi) is 4.55. The Morgan fingerprint density at radius 3 is 2.35 bits per heavy atom. The van der Waals surface area contributed by atoms with E-state index in [1.54, 1.807) is 18.7 Å². The molecule has 1 fully saturated rings. The number of likely N-dealkylation sites (N-methyl/N-ethyl adjacent to an activating group) is 1. The average molecular weight is 242 g/mol. The van der Waals surface area contributed by atoms with Gasteiger partial charge in [-0.05, 0) is 46.7 Å². The minimum Gasteiger partial charge on any atom is -0.389 e. The van der Waals surface area contributed by atoms with Crippen molar-refractivity contribution in [3.63, 3.8) is 0 Å². The fourth-order valence-corrected chi connectivity index (χ4v) is 2.37. The lowest BCUT2D eigenvalue weighted by atomic mass is 9.79. The molecule has 0 radical (unpaired) electrons. The topological polar surface area (TPSA) is 52.6 Å². The molecule has 17 heavy (non-hydrogen) atoms.